The highest BCUT2D eigenvalue weighted by molar-refractivity contribution is 5.57. The number of nitrogens with zero attached hydrogens (tertiary/aromatic N) is 2. The monoisotopic (exact) mass is 248 g/mol. The van der Waals surface area contributed by atoms with E-state index in [0.717, 1.165) is 17.1 Å². The highest BCUT2D eigenvalue weighted by Gasteiger charge is 2.06. The first-order valence-electron chi connectivity index (χ1n) is 5.71. The number of hydrogen-bond donors (Lipinski definition) is 3. The lowest BCUT2D eigenvalue weighted by Gasteiger charge is -2.00. The smallest absolute Gasteiger partial charge is 0.181 e. The zero-order valence-corrected chi connectivity index (χ0v) is 10.2. The zero-order chi connectivity index (χ0) is 12.8. The van der Waals surface area contributed by atoms with Gasteiger partial charge in [0.05, 0.1) is 20.3 Å². The molecule has 6 nitrogen and oxygen atoms in total. The maximum absolute atomic E-state index is 8.66. The Kier molecular flexibility index (Phi) is 4.27. The number of H-pyrrole nitrogens is 1. The predicted octanol–water partition coefficient (Wildman–Crippen LogP) is 0.562. The van der Waals surface area contributed by atoms with Gasteiger partial charge in [-0.15, -0.1) is 0 Å². The Bertz CT molecular complexity index is 498. The van der Waals surface area contributed by atoms with Crippen LogP contribution in [0.5, 0.6) is 5.75 Å². The topological polar surface area (TPSA) is 83.1 Å². The molecule has 1 aromatic carbocycles. The molecule has 0 spiro atoms. The van der Waals surface area contributed by atoms with E-state index in [9.17, 15) is 0 Å². The molecular formula is C12H16N4O2. The van der Waals surface area contributed by atoms with Gasteiger partial charge in [0.1, 0.15) is 11.6 Å². The second-order valence-electron chi connectivity index (χ2n) is 3.74. The Morgan fingerprint density at radius 3 is 3.11 bits per heavy atom. The van der Waals surface area contributed by atoms with Crippen LogP contribution >= 0.6 is 0 Å². The van der Waals surface area contributed by atoms with Gasteiger partial charge in [0.15, 0.2) is 5.82 Å². The standard InChI is InChI=1S/C12H16N4O2/c1-18-10-4-2-3-9(7-10)12-14-11(15-16-12)8-13-5-6-17/h2-4,7,13,17H,5-6,8H2,1H3,(H,14,15,16). The number of aliphatic hydroxyl groups is 1. The first-order valence-corrected chi connectivity index (χ1v) is 5.71. The molecule has 0 radical (unpaired) electrons. The van der Waals surface area contributed by atoms with E-state index >= 15 is 0 Å². The van der Waals surface area contributed by atoms with Gasteiger partial charge in [0.2, 0.25) is 0 Å². The molecule has 96 valence electrons. The summed E-state index contributed by atoms with van der Waals surface area (Å²) in [7, 11) is 1.63. The predicted molar refractivity (Wildman–Crippen MR) is 67.2 cm³/mol. The molecule has 0 unspecified atom stereocenters. The molecule has 0 aliphatic carbocycles. The molecule has 0 saturated heterocycles. The van der Waals surface area contributed by atoms with Crippen LogP contribution in [0.2, 0.25) is 0 Å². The largest absolute Gasteiger partial charge is 0.497 e. The molecule has 18 heavy (non-hydrogen) atoms. The van der Waals surface area contributed by atoms with Gasteiger partial charge in [-0.2, -0.15) is 5.10 Å². The van der Waals surface area contributed by atoms with E-state index in [2.05, 4.69) is 20.5 Å². The van der Waals surface area contributed by atoms with E-state index in [1.54, 1.807) is 7.11 Å². The Morgan fingerprint density at radius 1 is 1.44 bits per heavy atom. The third-order valence-corrected chi connectivity index (χ3v) is 2.44. The molecule has 2 rings (SSSR count). The summed E-state index contributed by atoms with van der Waals surface area (Å²) in [6, 6.07) is 7.58. The number of benzene rings is 1. The van der Waals surface area contributed by atoms with Crippen LogP contribution in [0.25, 0.3) is 11.4 Å². The molecule has 0 saturated carbocycles. The highest BCUT2D eigenvalue weighted by Crippen LogP contribution is 2.20. The quantitative estimate of drug-likeness (QED) is 0.651. The summed E-state index contributed by atoms with van der Waals surface area (Å²) in [4.78, 5) is 4.36. The van der Waals surface area contributed by atoms with Crippen molar-refractivity contribution >= 4 is 0 Å². The molecule has 0 aliphatic rings. The summed E-state index contributed by atoms with van der Waals surface area (Å²) < 4.78 is 5.16. The number of rotatable bonds is 6. The van der Waals surface area contributed by atoms with Crippen molar-refractivity contribution in [3.63, 3.8) is 0 Å². The van der Waals surface area contributed by atoms with Crippen molar-refractivity contribution in [3.8, 4) is 17.1 Å². The van der Waals surface area contributed by atoms with Gasteiger partial charge in [0.25, 0.3) is 0 Å². The van der Waals surface area contributed by atoms with Crippen LogP contribution in [0.1, 0.15) is 5.82 Å². The van der Waals surface area contributed by atoms with Crippen molar-refractivity contribution in [3.05, 3.63) is 30.1 Å². The minimum absolute atomic E-state index is 0.108. The van der Waals surface area contributed by atoms with Crippen LogP contribution in [0.3, 0.4) is 0 Å². The summed E-state index contributed by atoms with van der Waals surface area (Å²) in [6.45, 7) is 1.20. The van der Waals surface area contributed by atoms with E-state index in [0.29, 0.717) is 18.9 Å². The van der Waals surface area contributed by atoms with Crippen LogP contribution < -0.4 is 10.1 Å². The van der Waals surface area contributed by atoms with Gasteiger partial charge in [-0.05, 0) is 12.1 Å². The van der Waals surface area contributed by atoms with Crippen molar-refractivity contribution in [2.45, 2.75) is 6.54 Å². The molecule has 2 aromatic rings. The Balaban J connectivity index is 2.08. The zero-order valence-electron chi connectivity index (χ0n) is 10.2. The SMILES string of the molecule is COc1cccc(-c2n[nH]c(CNCCO)n2)c1. The first-order chi connectivity index (χ1) is 8.83. The molecule has 1 heterocycles. The van der Waals surface area contributed by atoms with E-state index in [4.69, 9.17) is 9.84 Å². The lowest BCUT2D eigenvalue weighted by atomic mass is 10.2. The Morgan fingerprint density at radius 2 is 2.33 bits per heavy atom. The minimum atomic E-state index is 0.108. The molecule has 0 atom stereocenters. The third kappa shape index (κ3) is 3.06. The molecule has 1 aromatic heterocycles. The number of aliphatic hydroxyl groups excluding tert-OH is 1. The maximum atomic E-state index is 8.66. The fourth-order valence-corrected chi connectivity index (χ4v) is 1.55. The van der Waals surface area contributed by atoms with Crippen LogP contribution in [-0.4, -0.2) is 40.5 Å². The Hall–Kier alpha value is -1.92. The average Bonchev–Trinajstić information content (AvgIpc) is 2.88. The second-order valence-corrected chi connectivity index (χ2v) is 3.74. The van der Waals surface area contributed by atoms with E-state index in [1.165, 1.54) is 0 Å². The van der Waals surface area contributed by atoms with Crippen molar-refractivity contribution < 1.29 is 9.84 Å². The number of hydrogen-bond acceptors (Lipinski definition) is 5. The third-order valence-electron chi connectivity index (χ3n) is 2.44. The van der Waals surface area contributed by atoms with Crippen LogP contribution in [-0.2, 0) is 6.54 Å². The van der Waals surface area contributed by atoms with E-state index in [-0.39, 0.29) is 6.61 Å². The average molecular weight is 248 g/mol. The Labute approximate surface area is 105 Å². The number of aromatic amines is 1. The number of ether oxygens (including phenoxy) is 1. The van der Waals surface area contributed by atoms with Crippen molar-refractivity contribution in [2.75, 3.05) is 20.3 Å². The number of aromatic nitrogens is 3. The summed E-state index contributed by atoms with van der Waals surface area (Å²) in [5, 5.41) is 18.7. The second kappa shape index (κ2) is 6.13. The summed E-state index contributed by atoms with van der Waals surface area (Å²) >= 11 is 0. The fourth-order valence-electron chi connectivity index (χ4n) is 1.55. The van der Waals surface area contributed by atoms with Crippen LogP contribution in [0.15, 0.2) is 24.3 Å². The lowest BCUT2D eigenvalue weighted by Crippen LogP contribution is -2.18. The molecule has 0 fully saturated rings. The summed E-state index contributed by atoms with van der Waals surface area (Å²) in [5.74, 6) is 2.15. The summed E-state index contributed by atoms with van der Waals surface area (Å²) in [6.07, 6.45) is 0. The first kappa shape index (κ1) is 12.5. The van der Waals surface area contributed by atoms with Gasteiger partial charge in [-0.3, -0.25) is 5.10 Å². The van der Waals surface area contributed by atoms with Gasteiger partial charge in [0, 0.05) is 12.1 Å². The normalized spacial score (nSPS) is 10.6. The number of methoxy groups -OCH3 is 1. The minimum Gasteiger partial charge on any atom is -0.497 e. The molecule has 0 amide bonds. The van der Waals surface area contributed by atoms with Crippen LogP contribution in [0, 0.1) is 0 Å². The van der Waals surface area contributed by atoms with Gasteiger partial charge >= 0.3 is 0 Å². The highest BCUT2D eigenvalue weighted by atomic mass is 16.5. The number of nitrogens with one attached hydrogen (secondary N) is 2. The summed E-state index contributed by atoms with van der Waals surface area (Å²) in [5.41, 5.74) is 0.902. The molecule has 0 bridgehead atoms. The van der Waals surface area contributed by atoms with E-state index in [1.807, 2.05) is 24.3 Å². The van der Waals surface area contributed by atoms with Gasteiger partial charge in [-0.25, -0.2) is 4.98 Å². The molecule has 3 N–H and O–H groups in total. The van der Waals surface area contributed by atoms with Gasteiger partial charge in [-0.1, -0.05) is 12.1 Å². The van der Waals surface area contributed by atoms with Crippen molar-refractivity contribution in [2.24, 2.45) is 0 Å². The van der Waals surface area contributed by atoms with E-state index < -0.39 is 0 Å². The molecule has 6 heteroatoms. The van der Waals surface area contributed by atoms with Crippen LogP contribution in [0.4, 0.5) is 0 Å². The molecular weight excluding hydrogens is 232 g/mol. The molecule has 0 aliphatic heterocycles. The van der Waals surface area contributed by atoms with Crippen molar-refractivity contribution in [1.82, 2.24) is 20.5 Å². The fraction of sp³-hybridized carbons (Fsp3) is 0.333. The van der Waals surface area contributed by atoms with Crippen molar-refractivity contribution in [1.29, 1.82) is 0 Å². The lowest BCUT2D eigenvalue weighted by molar-refractivity contribution is 0.291. The maximum Gasteiger partial charge on any atom is 0.181 e. The van der Waals surface area contributed by atoms with Gasteiger partial charge < -0.3 is 15.2 Å².